The van der Waals surface area contributed by atoms with Crippen molar-refractivity contribution in [1.29, 1.82) is 0 Å². The van der Waals surface area contributed by atoms with Crippen LogP contribution in [-0.2, 0) is 9.53 Å². The number of hydrogen-bond donors (Lipinski definition) is 1. The summed E-state index contributed by atoms with van der Waals surface area (Å²) in [5, 5.41) is 3.13. The Hall–Kier alpha value is -0.410. The van der Waals surface area contributed by atoms with Crippen LogP contribution < -0.4 is 5.32 Å². The fourth-order valence-corrected chi connectivity index (χ4v) is 1.23. The number of Topliss-reactive ketones (excluding diaryl/α,β-unsaturated/α-hetero) is 1. The van der Waals surface area contributed by atoms with Gasteiger partial charge in [0.05, 0.1) is 6.61 Å². The van der Waals surface area contributed by atoms with Crippen LogP contribution in [0, 0.1) is 5.92 Å². The summed E-state index contributed by atoms with van der Waals surface area (Å²) in [7, 11) is 0. The lowest BCUT2D eigenvalue weighted by molar-refractivity contribution is -0.131. The van der Waals surface area contributed by atoms with Crippen molar-refractivity contribution in [3.63, 3.8) is 0 Å². The van der Waals surface area contributed by atoms with Gasteiger partial charge in [0.2, 0.25) is 0 Å². The molecule has 1 aliphatic heterocycles. The number of nitrogens with one attached hydrogen (secondary N) is 1. The lowest BCUT2D eigenvalue weighted by Gasteiger charge is -2.22. The zero-order chi connectivity index (χ0) is 8.97. The maximum absolute atomic E-state index is 11.4. The van der Waals surface area contributed by atoms with Gasteiger partial charge in [0.25, 0.3) is 0 Å². The third-order valence-corrected chi connectivity index (χ3v) is 1.81. The van der Waals surface area contributed by atoms with Gasteiger partial charge >= 0.3 is 0 Å². The highest BCUT2D eigenvalue weighted by Crippen LogP contribution is 2.08. The van der Waals surface area contributed by atoms with Gasteiger partial charge in [0.15, 0.2) is 5.78 Å². The van der Waals surface area contributed by atoms with E-state index in [0.29, 0.717) is 19.6 Å². The molecule has 0 aromatic carbocycles. The third kappa shape index (κ3) is 2.91. The van der Waals surface area contributed by atoms with Gasteiger partial charge in [-0.3, -0.25) is 4.79 Å². The summed E-state index contributed by atoms with van der Waals surface area (Å²) in [6.07, 6.45) is 0.334. The van der Waals surface area contributed by atoms with E-state index in [1.807, 2.05) is 13.8 Å². The number of ketones is 1. The molecule has 69 valence electrons. The molecule has 1 aliphatic rings. The molecule has 1 N–H and O–H groups in total. The average molecular weight is 170 g/mol. The molecule has 0 spiro atoms. The van der Waals surface area contributed by atoms with Crippen molar-refractivity contribution < 1.29 is 9.53 Å². The maximum Gasteiger partial charge on any atom is 0.163 e. The van der Waals surface area contributed by atoms with Gasteiger partial charge in [-0.25, -0.2) is 0 Å². The Balaban J connectivity index is 2.30. The molecular formula is C9H16NO2. The van der Waals surface area contributed by atoms with Crippen LogP contribution in [0.4, 0.5) is 0 Å². The molecule has 1 rings (SSSR count). The Morgan fingerprint density at radius 3 is 2.83 bits per heavy atom. The summed E-state index contributed by atoms with van der Waals surface area (Å²) in [6, 6.07) is 0. The summed E-state index contributed by atoms with van der Waals surface area (Å²) >= 11 is 0. The van der Waals surface area contributed by atoms with E-state index < -0.39 is 0 Å². The van der Waals surface area contributed by atoms with Crippen molar-refractivity contribution in [3.8, 4) is 0 Å². The van der Waals surface area contributed by atoms with Gasteiger partial charge in [0, 0.05) is 19.5 Å². The highest BCUT2D eigenvalue weighted by molar-refractivity contribution is 5.84. The zero-order valence-corrected chi connectivity index (χ0v) is 7.72. The van der Waals surface area contributed by atoms with E-state index in [2.05, 4.69) is 5.32 Å². The molecule has 0 amide bonds. The van der Waals surface area contributed by atoms with Gasteiger partial charge < -0.3 is 10.1 Å². The standard InChI is InChI=1S/C9H16NO2/c1-7(2)5-8(11)9-6-10-3-4-12-9/h9-10H,3-6H2,1-2H3. The first-order valence-corrected chi connectivity index (χ1v) is 4.34. The highest BCUT2D eigenvalue weighted by Gasteiger charge is 2.21. The number of carbonyl (C=O) groups excluding carboxylic acids is 1. The van der Waals surface area contributed by atoms with Crippen LogP contribution in [0.1, 0.15) is 20.3 Å². The fourth-order valence-electron chi connectivity index (χ4n) is 1.23. The van der Waals surface area contributed by atoms with Gasteiger partial charge in [-0.05, 0) is 5.92 Å². The van der Waals surface area contributed by atoms with E-state index in [4.69, 9.17) is 4.74 Å². The van der Waals surface area contributed by atoms with Crippen LogP contribution in [0.2, 0.25) is 0 Å². The first-order valence-electron chi connectivity index (χ1n) is 4.34. The summed E-state index contributed by atoms with van der Waals surface area (Å²) in [4.78, 5) is 11.4. The zero-order valence-electron chi connectivity index (χ0n) is 7.72. The van der Waals surface area contributed by atoms with E-state index in [1.54, 1.807) is 0 Å². The smallest absolute Gasteiger partial charge is 0.163 e. The van der Waals surface area contributed by atoms with Gasteiger partial charge in [-0.2, -0.15) is 0 Å². The largest absolute Gasteiger partial charge is 0.368 e. The van der Waals surface area contributed by atoms with Crippen LogP contribution in [0.3, 0.4) is 0 Å². The minimum Gasteiger partial charge on any atom is -0.368 e. The Labute approximate surface area is 73.5 Å². The van der Waals surface area contributed by atoms with Crippen LogP contribution in [-0.4, -0.2) is 31.6 Å². The predicted octanol–water partition coefficient (Wildman–Crippen LogP) is 0.548. The fraction of sp³-hybridized carbons (Fsp3) is 0.778. The van der Waals surface area contributed by atoms with E-state index in [1.165, 1.54) is 0 Å². The second-order valence-electron chi connectivity index (χ2n) is 3.41. The second-order valence-corrected chi connectivity index (χ2v) is 3.41. The second kappa shape index (κ2) is 4.58. The monoisotopic (exact) mass is 170 g/mol. The van der Waals surface area contributed by atoms with Crippen molar-refractivity contribution in [3.05, 3.63) is 5.92 Å². The first kappa shape index (κ1) is 9.68. The predicted molar refractivity (Wildman–Crippen MR) is 46.8 cm³/mol. The molecule has 0 bridgehead atoms. The number of morpholine rings is 1. The number of ether oxygens (including phenoxy) is 1. The summed E-state index contributed by atoms with van der Waals surface area (Å²) in [5.74, 6) is 1.34. The van der Waals surface area contributed by atoms with Crippen molar-refractivity contribution in [2.75, 3.05) is 19.7 Å². The molecule has 1 saturated heterocycles. The Morgan fingerprint density at radius 2 is 2.33 bits per heavy atom. The van der Waals surface area contributed by atoms with Gasteiger partial charge in [-0.15, -0.1) is 0 Å². The Bertz CT molecular complexity index is 151. The summed E-state index contributed by atoms with van der Waals surface area (Å²) in [6.45, 7) is 6.12. The van der Waals surface area contributed by atoms with Gasteiger partial charge in [-0.1, -0.05) is 13.8 Å². The topological polar surface area (TPSA) is 38.3 Å². The van der Waals surface area contributed by atoms with Crippen LogP contribution in [0.25, 0.3) is 0 Å². The van der Waals surface area contributed by atoms with Crippen LogP contribution in [0.15, 0.2) is 0 Å². The maximum atomic E-state index is 11.4. The van der Waals surface area contributed by atoms with Crippen LogP contribution in [0.5, 0.6) is 0 Å². The molecule has 1 unspecified atom stereocenters. The molecule has 0 saturated carbocycles. The molecule has 1 radical (unpaired) electrons. The van der Waals surface area contributed by atoms with Crippen molar-refractivity contribution in [1.82, 2.24) is 5.32 Å². The van der Waals surface area contributed by atoms with Crippen molar-refractivity contribution in [2.45, 2.75) is 26.4 Å². The minimum atomic E-state index is -0.214. The third-order valence-electron chi connectivity index (χ3n) is 1.81. The number of rotatable bonds is 3. The van der Waals surface area contributed by atoms with E-state index >= 15 is 0 Å². The van der Waals surface area contributed by atoms with E-state index in [9.17, 15) is 4.79 Å². The van der Waals surface area contributed by atoms with Crippen molar-refractivity contribution >= 4 is 5.78 Å². The first-order chi connectivity index (χ1) is 5.70. The normalized spacial score (nSPS) is 24.4. The lowest BCUT2D eigenvalue weighted by Crippen LogP contribution is -2.43. The average Bonchev–Trinajstić information content (AvgIpc) is 2.05. The molecule has 12 heavy (non-hydrogen) atoms. The van der Waals surface area contributed by atoms with Crippen molar-refractivity contribution in [2.24, 2.45) is 0 Å². The molecule has 1 heterocycles. The van der Waals surface area contributed by atoms with E-state index in [0.717, 1.165) is 12.5 Å². The molecule has 3 heteroatoms. The molecule has 1 fully saturated rings. The van der Waals surface area contributed by atoms with E-state index in [-0.39, 0.29) is 11.9 Å². The Morgan fingerprint density at radius 1 is 1.58 bits per heavy atom. The summed E-state index contributed by atoms with van der Waals surface area (Å²) < 4.78 is 5.32. The number of hydrogen-bond acceptors (Lipinski definition) is 3. The molecular weight excluding hydrogens is 154 g/mol. The minimum absolute atomic E-state index is 0.196. The molecule has 1 atom stereocenters. The quantitative estimate of drug-likeness (QED) is 0.672. The van der Waals surface area contributed by atoms with Crippen LogP contribution >= 0.6 is 0 Å². The molecule has 0 aliphatic carbocycles. The lowest BCUT2D eigenvalue weighted by atomic mass is 10.0. The Kier molecular flexibility index (Phi) is 3.69. The molecule has 0 aromatic rings. The highest BCUT2D eigenvalue weighted by atomic mass is 16.5. The molecule has 0 aromatic heterocycles. The number of carbonyl (C=O) groups is 1. The SMILES string of the molecule is C[C](C)CC(=O)C1CNCCO1. The van der Waals surface area contributed by atoms with Gasteiger partial charge in [0.1, 0.15) is 6.10 Å². The summed E-state index contributed by atoms with van der Waals surface area (Å²) in [5.41, 5.74) is 0. The molecule has 3 nitrogen and oxygen atoms in total.